The van der Waals surface area contributed by atoms with Crippen molar-refractivity contribution in [1.29, 1.82) is 0 Å². The molecule has 0 amide bonds. The third-order valence-electron chi connectivity index (χ3n) is 3.41. The van der Waals surface area contributed by atoms with Crippen molar-refractivity contribution in [3.8, 4) is 0 Å². The molecular formula is C12H17ClN2O3S. The van der Waals surface area contributed by atoms with Crippen molar-refractivity contribution in [1.82, 2.24) is 4.31 Å². The lowest BCUT2D eigenvalue weighted by Gasteiger charge is -2.34. The smallest absolute Gasteiger partial charge is 0.242 e. The Balaban J connectivity index is 2.14. The Morgan fingerprint density at radius 1 is 1.47 bits per heavy atom. The summed E-state index contributed by atoms with van der Waals surface area (Å²) >= 11 is 5.85. The van der Waals surface area contributed by atoms with Crippen LogP contribution in [0.1, 0.15) is 12.8 Å². The van der Waals surface area contributed by atoms with E-state index in [1.54, 1.807) is 0 Å². The van der Waals surface area contributed by atoms with E-state index in [2.05, 4.69) is 0 Å². The van der Waals surface area contributed by atoms with Gasteiger partial charge in [0.05, 0.1) is 21.7 Å². The van der Waals surface area contributed by atoms with E-state index in [0.717, 1.165) is 0 Å². The van der Waals surface area contributed by atoms with E-state index >= 15 is 0 Å². The van der Waals surface area contributed by atoms with Gasteiger partial charge in [0.2, 0.25) is 10.0 Å². The van der Waals surface area contributed by atoms with Crippen molar-refractivity contribution in [2.45, 2.75) is 23.8 Å². The van der Waals surface area contributed by atoms with Gasteiger partial charge in [0.1, 0.15) is 0 Å². The maximum atomic E-state index is 12.3. The first-order valence-electron chi connectivity index (χ1n) is 6.00. The number of nitrogen functional groups attached to an aromatic ring is 1. The largest absolute Gasteiger partial charge is 0.398 e. The minimum absolute atomic E-state index is 0.133. The number of nitrogens with zero attached hydrogens (tertiary/aromatic N) is 1. The molecule has 0 unspecified atom stereocenters. The van der Waals surface area contributed by atoms with Crippen LogP contribution in [0.2, 0.25) is 5.02 Å². The van der Waals surface area contributed by atoms with Crippen molar-refractivity contribution in [2.75, 3.05) is 19.3 Å². The molecule has 3 N–H and O–H groups in total. The van der Waals surface area contributed by atoms with Gasteiger partial charge in [-0.2, -0.15) is 0 Å². The molecule has 0 aromatic heterocycles. The quantitative estimate of drug-likeness (QED) is 0.822. The second-order valence-electron chi connectivity index (χ2n) is 4.96. The van der Waals surface area contributed by atoms with Gasteiger partial charge >= 0.3 is 0 Å². The molecule has 106 valence electrons. The number of anilines is 1. The monoisotopic (exact) mass is 304 g/mol. The fraction of sp³-hybridized carbons (Fsp3) is 0.500. The van der Waals surface area contributed by atoms with E-state index in [1.165, 1.54) is 29.6 Å². The summed E-state index contributed by atoms with van der Waals surface area (Å²) in [5.74, 6) is 0.221. The van der Waals surface area contributed by atoms with Crippen molar-refractivity contribution in [3.05, 3.63) is 23.2 Å². The Kier molecular flexibility index (Phi) is 4.06. The average molecular weight is 305 g/mol. The van der Waals surface area contributed by atoms with Gasteiger partial charge in [-0.05, 0) is 37.0 Å². The SMILES string of the molecule is CN(CC1CC(O)C1)S(=O)(=O)c1ccc(N)c(Cl)c1. The summed E-state index contributed by atoms with van der Waals surface area (Å²) < 4.78 is 25.9. The minimum Gasteiger partial charge on any atom is -0.398 e. The highest BCUT2D eigenvalue weighted by molar-refractivity contribution is 7.89. The Hall–Kier alpha value is -0.820. The van der Waals surface area contributed by atoms with Gasteiger partial charge in [0, 0.05) is 13.6 Å². The van der Waals surface area contributed by atoms with Crippen LogP contribution in [0.3, 0.4) is 0 Å². The molecule has 1 aliphatic carbocycles. The third kappa shape index (κ3) is 3.02. The first-order chi connectivity index (χ1) is 8.80. The van der Waals surface area contributed by atoms with Crippen molar-refractivity contribution < 1.29 is 13.5 Å². The summed E-state index contributed by atoms with van der Waals surface area (Å²) in [6, 6.07) is 4.29. The second-order valence-corrected chi connectivity index (χ2v) is 7.41. The molecule has 0 saturated heterocycles. The Morgan fingerprint density at radius 3 is 2.63 bits per heavy atom. The van der Waals surface area contributed by atoms with Crippen LogP contribution >= 0.6 is 11.6 Å². The first kappa shape index (κ1) is 14.6. The summed E-state index contributed by atoms with van der Waals surface area (Å²) in [5, 5.41) is 9.45. The van der Waals surface area contributed by atoms with Crippen LogP contribution in [-0.2, 0) is 10.0 Å². The molecule has 0 atom stereocenters. The molecule has 19 heavy (non-hydrogen) atoms. The van der Waals surface area contributed by atoms with Crippen LogP contribution in [0.4, 0.5) is 5.69 Å². The molecule has 0 aliphatic heterocycles. The lowest BCUT2D eigenvalue weighted by molar-refractivity contribution is 0.0367. The van der Waals surface area contributed by atoms with E-state index in [9.17, 15) is 13.5 Å². The average Bonchev–Trinajstić information content (AvgIpc) is 2.30. The molecule has 0 bridgehead atoms. The van der Waals surface area contributed by atoms with Gasteiger partial charge in [-0.15, -0.1) is 0 Å². The van der Waals surface area contributed by atoms with E-state index in [0.29, 0.717) is 25.1 Å². The zero-order chi connectivity index (χ0) is 14.2. The van der Waals surface area contributed by atoms with Crippen molar-refractivity contribution in [2.24, 2.45) is 5.92 Å². The van der Waals surface area contributed by atoms with Gasteiger partial charge in [0.15, 0.2) is 0 Å². The summed E-state index contributed by atoms with van der Waals surface area (Å²) in [5.41, 5.74) is 5.92. The summed E-state index contributed by atoms with van der Waals surface area (Å²) in [7, 11) is -2.02. The van der Waals surface area contributed by atoms with Crippen LogP contribution in [-0.4, -0.2) is 37.5 Å². The molecule has 7 heteroatoms. The maximum Gasteiger partial charge on any atom is 0.242 e. The summed E-state index contributed by atoms with van der Waals surface area (Å²) in [4.78, 5) is 0.133. The van der Waals surface area contributed by atoms with E-state index in [4.69, 9.17) is 17.3 Å². The molecule has 1 saturated carbocycles. The van der Waals surface area contributed by atoms with Crippen molar-refractivity contribution >= 4 is 27.3 Å². The van der Waals surface area contributed by atoms with Crippen LogP contribution in [0, 0.1) is 5.92 Å². The fourth-order valence-electron chi connectivity index (χ4n) is 2.16. The molecule has 1 aliphatic rings. The lowest BCUT2D eigenvalue weighted by atomic mass is 9.82. The molecular weight excluding hydrogens is 288 g/mol. The normalized spacial score (nSPS) is 23.4. The van der Waals surface area contributed by atoms with Gasteiger partial charge in [-0.25, -0.2) is 12.7 Å². The molecule has 1 aromatic rings. The van der Waals surface area contributed by atoms with Gasteiger partial charge in [0.25, 0.3) is 0 Å². The highest BCUT2D eigenvalue weighted by Gasteiger charge is 2.31. The number of aliphatic hydroxyl groups excluding tert-OH is 1. The number of halogens is 1. The Morgan fingerprint density at radius 2 is 2.11 bits per heavy atom. The van der Waals surface area contributed by atoms with Crippen molar-refractivity contribution in [3.63, 3.8) is 0 Å². The predicted octanol–water partition coefficient (Wildman–Crippen LogP) is 1.31. The molecule has 0 heterocycles. The number of rotatable bonds is 4. The third-order valence-corrected chi connectivity index (χ3v) is 5.55. The summed E-state index contributed by atoms with van der Waals surface area (Å²) in [6.07, 6.45) is 1.03. The minimum atomic E-state index is -3.56. The van der Waals surface area contributed by atoms with E-state index in [1.807, 2.05) is 0 Å². The van der Waals surface area contributed by atoms with Gasteiger partial charge < -0.3 is 10.8 Å². The zero-order valence-electron chi connectivity index (χ0n) is 10.6. The maximum absolute atomic E-state index is 12.3. The van der Waals surface area contributed by atoms with E-state index in [-0.39, 0.29) is 21.9 Å². The highest BCUT2D eigenvalue weighted by Crippen LogP contribution is 2.30. The van der Waals surface area contributed by atoms with E-state index < -0.39 is 10.0 Å². The highest BCUT2D eigenvalue weighted by atomic mass is 35.5. The number of benzene rings is 1. The van der Waals surface area contributed by atoms with Gasteiger partial charge in [-0.3, -0.25) is 0 Å². The number of hydrogen-bond acceptors (Lipinski definition) is 4. The molecule has 0 spiro atoms. The summed E-state index contributed by atoms with van der Waals surface area (Å²) in [6.45, 7) is 0.404. The topological polar surface area (TPSA) is 83.6 Å². The zero-order valence-corrected chi connectivity index (χ0v) is 12.2. The van der Waals surface area contributed by atoms with Crippen LogP contribution in [0.5, 0.6) is 0 Å². The molecule has 5 nitrogen and oxygen atoms in total. The predicted molar refractivity (Wildman–Crippen MR) is 74.4 cm³/mol. The number of sulfonamides is 1. The first-order valence-corrected chi connectivity index (χ1v) is 7.82. The lowest BCUT2D eigenvalue weighted by Crippen LogP contribution is -2.39. The molecule has 1 fully saturated rings. The number of hydrogen-bond donors (Lipinski definition) is 2. The van der Waals surface area contributed by atoms with Gasteiger partial charge in [-0.1, -0.05) is 11.6 Å². The Labute approximate surface area is 118 Å². The standard InChI is InChI=1S/C12H17ClN2O3S/c1-15(7-8-4-9(16)5-8)19(17,18)10-2-3-12(14)11(13)6-10/h2-3,6,8-9,16H,4-5,7,14H2,1H3. The number of nitrogens with two attached hydrogens (primary N) is 1. The fourth-order valence-corrected chi connectivity index (χ4v) is 3.68. The second kappa shape index (κ2) is 5.28. The molecule has 0 radical (unpaired) electrons. The molecule has 2 rings (SSSR count). The van der Waals surface area contributed by atoms with Crippen LogP contribution < -0.4 is 5.73 Å². The number of aliphatic hydroxyl groups is 1. The Bertz CT molecular complexity index is 570. The van der Waals surface area contributed by atoms with Crippen LogP contribution in [0.25, 0.3) is 0 Å². The van der Waals surface area contributed by atoms with Crippen LogP contribution in [0.15, 0.2) is 23.1 Å². The molecule has 1 aromatic carbocycles.